The Morgan fingerprint density at radius 2 is 2.00 bits per heavy atom. The Balaban J connectivity index is 2.79. The molecule has 6 nitrogen and oxygen atoms in total. The molecule has 9 heteroatoms. The van der Waals surface area contributed by atoms with Crippen molar-refractivity contribution in [1.29, 1.82) is 0 Å². The van der Waals surface area contributed by atoms with E-state index in [9.17, 15) is 22.8 Å². The molecule has 0 bridgehead atoms. The Kier molecular flexibility index (Phi) is 6.35. The molecular formula is C14H17F3N2O4. The van der Waals surface area contributed by atoms with Crippen LogP contribution in [0.2, 0.25) is 0 Å². The highest BCUT2D eigenvalue weighted by atomic mass is 19.4. The Hall–Kier alpha value is -2.32. The van der Waals surface area contributed by atoms with Crippen molar-refractivity contribution in [2.45, 2.75) is 20.0 Å². The number of halogens is 3. The minimum Gasteiger partial charge on any atom is -0.480 e. The van der Waals surface area contributed by atoms with Crippen LogP contribution >= 0.6 is 0 Å². The first kappa shape index (κ1) is 18.7. The minimum atomic E-state index is -4.48. The lowest BCUT2D eigenvalue weighted by molar-refractivity contribution is -0.154. The van der Waals surface area contributed by atoms with E-state index >= 15 is 0 Å². The third-order valence-corrected chi connectivity index (χ3v) is 2.57. The molecule has 0 atom stereocenters. The largest absolute Gasteiger partial charge is 0.480 e. The van der Waals surface area contributed by atoms with Gasteiger partial charge in [-0.05, 0) is 12.0 Å². The van der Waals surface area contributed by atoms with Gasteiger partial charge in [0.25, 0.3) is 5.91 Å². The standard InChI is InChI=1S/C14H17F3N2O4/c1-9(2)6-19(7-12(20)21)13(22)10-3-4-11(18-5-10)23-8-14(15,16)17/h3-5,9H,6-8H2,1-2H3,(H,20,21). The van der Waals surface area contributed by atoms with E-state index in [1.54, 1.807) is 0 Å². The highest BCUT2D eigenvalue weighted by Gasteiger charge is 2.28. The van der Waals surface area contributed by atoms with Gasteiger partial charge < -0.3 is 14.7 Å². The summed E-state index contributed by atoms with van der Waals surface area (Å²) in [6, 6.07) is 2.38. The Morgan fingerprint density at radius 3 is 2.43 bits per heavy atom. The van der Waals surface area contributed by atoms with Crippen LogP contribution in [0, 0.1) is 5.92 Å². The van der Waals surface area contributed by atoms with Crippen molar-refractivity contribution in [2.75, 3.05) is 19.7 Å². The third-order valence-electron chi connectivity index (χ3n) is 2.57. The normalized spacial score (nSPS) is 11.4. The molecule has 0 unspecified atom stereocenters. The van der Waals surface area contributed by atoms with Gasteiger partial charge in [0.2, 0.25) is 5.88 Å². The average Bonchev–Trinajstić information content (AvgIpc) is 2.42. The second kappa shape index (κ2) is 7.80. The molecule has 0 aliphatic carbocycles. The molecule has 1 aromatic rings. The van der Waals surface area contributed by atoms with Crippen LogP contribution in [0.4, 0.5) is 13.2 Å². The number of carboxylic acids is 1. The summed E-state index contributed by atoms with van der Waals surface area (Å²) >= 11 is 0. The topological polar surface area (TPSA) is 79.7 Å². The van der Waals surface area contributed by atoms with E-state index in [-0.39, 0.29) is 23.9 Å². The minimum absolute atomic E-state index is 0.0562. The number of amides is 1. The van der Waals surface area contributed by atoms with Gasteiger partial charge in [0.1, 0.15) is 6.54 Å². The number of carbonyl (C=O) groups excluding carboxylic acids is 1. The summed E-state index contributed by atoms with van der Waals surface area (Å²) in [6.45, 7) is 1.94. The number of nitrogens with zero attached hydrogens (tertiary/aromatic N) is 2. The zero-order valence-electron chi connectivity index (χ0n) is 12.6. The van der Waals surface area contributed by atoms with Gasteiger partial charge in [0, 0.05) is 18.8 Å². The molecule has 0 saturated carbocycles. The van der Waals surface area contributed by atoms with E-state index in [1.807, 2.05) is 13.8 Å². The fourth-order valence-electron chi connectivity index (χ4n) is 1.75. The zero-order valence-corrected chi connectivity index (χ0v) is 12.6. The predicted molar refractivity (Wildman–Crippen MR) is 74.2 cm³/mol. The molecule has 0 radical (unpaired) electrons. The van der Waals surface area contributed by atoms with Crippen LogP contribution in [0.25, 0.3) is 0 Å². The van der Waals surface area contributed by atoms with Crippen molar-refractivity contribution >= 4 is 11.9 Å². The SMILES string of the molecule is CC(C)CN(CC(=O)O)C(=O)c1ccc(OCC(F)(F)F)nc1. The van der Waals surface area contributed by atoms with Gasteiger partial charge >= 0.3 is 12.1 Å². The lowest BCUT2D eigenvalue weighted by Crippen LogP contribution is -2.38. The predicted octanol–water partition coefficient (Wildman–Crippen LogP) is 2.21. The summed E-state index contributed by atoms with van der Waals surface area (Å²) in [5, 5.41) is 8.85. The van der Waals surface area contributed by atoms with E-state index < -0.39 is 31.2 Å². The van der Waals surface area contributed by atoms with Gasteiger partial charge in [0.05, 0.1) is 5.56 Å². The van der Waals surface area contributed by atoms with Crippen LogP contribution in [0.1, 0.15) is 24.2 Å². The van der Waals surface area contributed by atoms with Crippen LogP contribution in [-0.2, 0) is 4.79 Å². The van der Waals surface area contributed by atoms with E-state index in [2.05, 4.69) is 9.72 Å². The molecule has 1 heterocycles. The Morgan fingerprint density at radius 1 is 1.35 bits per heavy atom. The summed E-state index contributed by atoms with van der Waals surface area (Å²) in [6.07, 6.45) is -3.42. The quantitative estimate of drug-likeness (QED) is 0.827. The van der Waals surface area contributed by atoms with E-state index in [0.717, 1.165) is 17.2 Å². The average molecular weight is 334 g/mol. The third kappa shape index (κ3) is 6.98. The first-order valence-electron chi connectivity index (χ1n) is 6.75. The van der Waals surface area contributed by atoms with Crippen LogP contribution in [0.3, 0.4) is 0 Å². The van der Waals surface area contributed by atoms with Gasteiger partial charge in [-0.15, -0.1) is 0 Å². The number of hydrogen-bond donors (Lipinski definition) is 1. The number of aromatic nitrogens is 1. The number of rotatable bonds is 7. The number of ether oxygens (including phenoxy) is 1. The summed E-state index contributed by atoms with van der Waals surface area (Å²) < 4.78 is 40.5. The van der Waals surface area contributed by atoms with Crippen LogP contribution in [0.15, 0.2) is 18.3 Å². The van der Waals surface area contributed by atoms with Crippen molar-refractivity contribution in [3.05, 3.63) is 23.9 Å². The molecule has 0 saturated heterocycles. The molecule has 0 spiro atoms. The smallest absolute Gasteiger partial charge is 0.422 e. The molecule has 23 heavy (non-hydrogen) atoms. The second-order valence-corrected chi connectivity index (χ2v) is 5.26. The van der Waals surface area contributed by atoms with Gasteiger partial charge in [-0.2, -0.15) is 13.2 Å². The zero-order chi connectivity index (χ0) is 17.6. The Bertz CT molecular complexity index is 544. The maximum atomic E-state index is 12.2. The summed E-state index contributed by atoms with van der Waals surface area (Å²) in [5.74, 6) is -1.93. The molecule has 0 aromatic carbocycles. The Labute approximate surface area is 130 Å². The van der Waals surface area contributed by atoms with E-state index in [4.69, 9.17) is 5.11 Å². The highest BCUT2D eigenvalue weighted by molar-refractivity contribution is 5.95. The molecule has 0 aliphatic heterocycles. The molecule has 0 fully saturated rings. The summed E-state index contributed by atoms with van der Waals surface area (Å²) in [5.41, 5.74) is 0.0752. The van der Waals surface area contributed by atoms with Crippen LogP contribution in [0.5, 0.6) is 5.88 Å². The van der Waals surface area contributed by atoms with Crippen molar-refractivity contribution in [3.63, 3.8) is 0 Å². The van der Waals surface area contributed by atoms with Gasteiger partial charge in [0.15, 0.2) is 6.61 Å². The number of alkyl halides is 3. The van der Waals surface area contributed by atoms with E-state index in [0.29, 0.717) is 0 Å². The molecule has 128 valence electrons. The maximum absolute atomic E-state index is 12.2. The number of aliphatic carboxylic acids is 1. The lowest BCUT2D eigenvalue weighted by atomic mass is 10.1. The molecule has 1 rings (SSSR count). The second-order valence-electron chi connectivity index (χ2n) is 5.26. The summed E-state index contributed by atoms with van der Waals surface area (Å²) in [4.78, 5) is 27.8. The van der Waals surface area contributed by atoms with Crippen molar-refractivity contribution in [1.82, 2.24) is 9.88 Å². The van der Waals surface area contributed by atoms with Gasteiger partial charge in [-0.1, -0.05) is 13.8 Å². The maximum Gasteiger partial charge on any atom is 0.422 e. The first-order chi connectivity index (χ1) is 10.6. The van der Waals surface area contributed by atoms with Crippen molar-refractivity contribution in [3.8, 4) is 5.88 Å². The van der Waals surface area contributed by atoms with Crippen molar-refractivity contribution in [2.24, 2.45) is 5.92 Å². The molecule has 0 aliphatic rings. The molecule has 1 amide bonds. The first-order valence-corrected chi connectivity index (χ1v) is 6.75. The number of carboxylic acid groups (broad SMARTS) is 1. The number of hydrogen-bond acceptors (Lipinski definition) is 4. The monoisotopic (exact) mass is 334 g/mol. The van der Waals surface area contributed by atoms with E-state index in [1.165, 1.54) is 6.07 Å². The van der Waals surface area contributed by atoms with Crippen LogP contribution in [-0.4, -0.2) is 52.7 Å². The molecule has 1 N–H and O–H groups in total. The highest BCUT2D eigenvalue weighted by Crippen LogP contribution is 2.17. The van der Waals surface area contributed by atoms with Gasteiger partial charge in [-0.3, -0.25) is 9.59 Å². The van der Waals surface area contributed by atoms with Gasteiger partial charge in [-0.25, -0.2) is 4.98 Å². The number of carbonyl (C=O) groups is 2. The summed E-state index contributed by atoms with van der Waals surface area (Å²) in [7, 11) is 0. The molecular weight excluding hydrogens is 317 g/mol. The molecule has 1 aromatic heterocycles. The number of pyridine rings is 1. The lowest BCUT2D eigenvalue weighted by Gasteiger charge is -2.22. The van der Waals surface area contributed by atoms with Crippen molar-refractivity contribution < 1.29 is 32.6 Å². The van der Waals surface area contributed by atoms with Crippen LogP contribution < -0.4 is 4.74 Å². The fraction of sp³-hybridized carbons (Fsp3) is 0.500. The fourth-order valence-corrected chi connectivity index (χ4v) is 1.75.